The number of nitrogens with two attached hydrogens (primary N) is 2. The van der Waals surface area contributed by atoms with Gasteiger partial charge < -0.3 is 20.8 Å². The molecule has 172 valence electrons. The van der Waals surface area contributed by atoms with Crippen molar-refractivity contribution in [2.24, 2.45) is 0 Å². The minimum Gasteiger partial charge on any atom is -0.495 e. The molecule has 0 radical (unpaired) electrons. The lowest BCUT2D eigenvalue weighted by molar-refractivity contribution is 0.413. The molecule has 0 atom stereocenters. The first-order valence-corrected chi connectivity index (χ1v) is 10.9. The minimum atomic E-state index is 0.0801. The predicted molar refractivity (Wildman–Crippen MR) is 131 cm³/mol. The average molecular weight is 456 g/mol. The number of ether oxygens (including phenoxy) is 1. The molecule has 0 aliphatic heterocycles. The number of nitrogens with zero attached hydrogens (tertiary/aromatic N) is 5. The number of aryl methyl sites for hydroxylation is 1. The molecule has 1 saturated carbocycles. The quantitative estimate of drug-likeness (QED) is 0.475. The van der Waals surface area contributed by atoms with Crippen molar-refractivity contribution < 1.29 is 4.74 Å². The van der Waals surface area contributed by atoms with Gasteiger partial charge in [-0.05, 0) is 42.3 Å². The summed E-state index contributed by atoms with van der Waals surface area (Å²) in [4.78, 5) is 24.6. The molecule has 0 bridgehead atoms. The third kappa shape index (κ3) is 4.52. The molecule has 5 rings (SSSR count). The molecule has 9 heteroatoms. The zero-order chi connectivity index (χ0) is 24.2. The first kappa shape index (κ1) is 22.7. The summed E-state index contributed by atoms with van der Waals surface area (Å²) in [5.41, 5.74) is 13.8. The van der Waals surface area contributed by atoms with Crippen molar-refractivity contribution in [3.63, 3.8) is 0 Å². The molecule has 4 N–H and O–H groups in total. The van der Waals surface area contributed by atoms with Crippen molar-refractivity contribution in [3.8, 4) is 22.9 Å². The van der Waals surface area contributed by atoms with Crippen LogP contribution in [0.1, 0.15) is 37.1 Å². The largest absolute Gasteiger partial charge is 0.495 e. The number of anilines is 2. The number of hydrogen-bond donors (Lipinski definition) is 2. The van der Waals surface area contributed by atoms with Crippen LogP contribution < -0.4 is 21.8 Å². The van der Waals surface area contributed by atoms with Gasteiger partial charge in [-0.3, -0.25) is 9.78 Å². The summed E-state index contributed by atoms with van der Waals surface area (Å²) in [5.74, 6) is 0.892. The standard InChI is InChI=1S/C20H20N2O2.C5H5N5/c1-3-15-9-13-5-4-6-18(14-10-17(24-2)12-21-11-14)19(13)20(23)22(15)16-7-8-16;6-1-3-2-9-5(8)10-4(3)7/h4-6,9-12,16H,3,7-8H2,1-2H3;2H,(H4,7,8,9,10). The number of nitrogen functional groups attached to an aromatic ring is 2. The molecule has 1 aliphatic rings. The van der Waals surface area contributed by atoms with Crippen LogP contribution in [0.3, 0.4) is 0 Å². The van der Waals surface area contributed by atoms with Crippen LogP contribution >= 0.6 is 0 Å². The van der Waals surface area contributed by atoms with Gasteiger partial charge in [-0.25, -0.2) is 4.98 Å². The highest BCUT2D eigenvalue weighted by Crippen LogP contribution is 2.36. The molecule has 0 amide bonds. The third-order valence-corrected chi connectivity index (χ3v) is 5.65. The van der Waals surface area contributed by atoms with E-state index in [2.05, 4.69) is 27.9 Å². The number of rotatable bonds is 4. The molecule has 1 aliphatic carbocycles. The number of benzene rings is 1. The van der Waals surface area contributed by atoms with E-state index in [0.717, 1.165) is 46.9 Å². The van der Waals surface area contributed by atoms with Gasteiger partial charge in [0.15, 0.2) is 0 Å². The molecule has 1 fully saturated rings. The maximum absolute atomic E-state index is 13.2. The van der Waals surface area contributed by atoms with Gasteiger partial charge in [0.25, 0.3) is 5.56 Å². The maximum atomic E-state index is 13.2. The summed E-state index contributed by atoms with van der Waals surface area (Å²) < 4.78 is 7.28. The highest BCUT2D eigenvalue weighted by Gasteiger charge is 2.27. The van der Waals surface area contributed by atoms with Crippen molar-refractivity contribution in [2.45, 2.75) is 32.2 Å². The van der Waals surface area contributed by atoms with E-state index in [9.17, 15) is 4.79 Å². The Morgan fingerprint density at radius 2 is 2.00 bits per heavy atom. The van der Waals surface area contributed by atoms with E-state index in [1.807, 2.05) is 34.9 Å². The highest BCUT2D eigenvalue weighted by atomic mass is 16.5. The Balaban J connectivity index is 0.000000231. The molecule has 0 saturated heterocycles. The number of fused-ring (bicyclic) bond motifs is 1. The summed E-state index contributed by atoms with van der Waals surface area (Å²) in [6.07, 6.45) is 7.81. The van der Waals surface area contributed by atoms with Gasteiger partial charge in [0.2, 0.25) is 5.95 Å². The Kier molecular flexibility index (Phi) is 6.41. The summed E-state index contributed by atoms with van der Waals surface area (Å²) in [7, 11) is 1.62. The Bertz CT molecular complexity index is 1450. The zero-order valence-electron chi connectivity index (χ0n) is 19.0. The first-order valence-electron chi connectivity index (χ1n) is 10.9. The number of hydrogen-bond acceptors (Lipinski definition) is 8. The molecule has 3 aromatic heterocycles. The minimum absolute atomic E-state index is 0.0801. The van der Waals surface area contributed by atoms with E-state index in [1.54, 1.807) is 19.5 Å². The Labute approximate surface area is 196 Å². The summed E-state index contributed by atoms with van der Waals surface area (Å²) >= 11 is 0. The van der Waals surface area contributed by atoms with Gasteiger partial charge in [-0.2, -0.15) is 10.2 Å². The SMILES string of the molecule is CCc1cc2cccc(-c3cncc(OC)c3)c2c(=O)n1C1CC1.N#Cc1cnc(N)nc1N. The van der Waals surface area contributed by atoms with E-state index < -0.39 is 0 Å². The van der Waals surface area contributed by atoms with E-state index in [4.69, 9.17) is 21.5 Å². The fraction of sp³-hybridized carbons (Fsp3) is 0.240. The van der Waals surface area contributed by atoms with E-state index >= 15 is 0 Å². The van der Waals surface area contributed by atoms with Gasteiger partial charge in [0.1, 0.15) is 23.2 Å². The van der Waals surface area contributed by atoms with Crippen LogP contribution in [0.4, 0.5) is 11.8 Å². The Morgan fingerprint density at radius 1 is 1.21 bits per heavy atom. The first-order chi connectivity index (χ1) is 16.5. The lowest BCUT2D eigenvalue weighted by Gasteiger charge is -2.15. The molecular formula is C25H25N7O2. The van der Waals surface area contributed by atoms with Crippen LogP contribution in [-0.4, -0.2) is 26.6 Å². The van der Waals surface area contributed by atoms with Gasteiger partial charge in [0.05, 0.1) is 24.9 Å². The second-order valence-electron chi connectivity index (χ2n) is 7.92. The molecule has 9 nitrogen and oxygen atoms in total. The molecule has 0 unspecified atom stereocenters. The van der Waals surface area contributed by atoms with Crippen LogP contribution in [0, 0.1) is 11.3 Å². The number of pyridine rings is 2. The number of aromatic nitrogens is 4. The van der Waals surface area contributed by atoms with Crippen molar-refractivity contribution in [2.75, 3.05) is 18.6 Å². The summed E-state index contributed by atoms with van der Waals surface area (Å²) in [6.45, 7) is 2.11. The van der Waals surface area contributed by atoms with Crippen LogP contribution in [0.25, 0.3) is 21.9 Å². The molecule has 1 aromatic carbocycles. The smallest absolute Gasteiger partial charge is 0.259 e. The monoisotopic (exact) mass is 455 g/mol. The van der Waals surface area contributed by atoms with E-state index in [0.29, 0.717) is 11.8 Å². The number of methoxy groups -OCH3 is 1. The summed E-state index contributed by atoms with van der Waals surface area (Å²) in [5, 5.41) is 10.1. The fourth-order valence-corrected chi connectivity index (χ4v) is 3.85. The molecule has 3 heterocycles. The van der Waals surface area contributed by atoms with Crippen LogP contribution in [0.15, 0.2) is 53.7 Å². The van der Waals surface area contributed by atoms with Gasteiger partial charge in [0, 0.05) is 23.5 Å². The van der Waals surface area contributed by atoms with Crippen LogP contribution in [0.5, 0.6) is 5.75 Å². The topological polar surface area (TPSA) is 146 Å². The predicted octanol–water partition coefficient (Wildman–Crippen LogP) is 3.48. The second-order valence-corrected chi connectivity index (χ2v) is 7.92. The lowest BCUT2D eigenvalue weighted by atomic mass is 9.99. The summed E-state index contributed by atoms with van der Waals surface area (Å²) in [6, 6.07) is 12.3. The van der Waals surface area contributed by atoms with Crippen molar-refractivity contribution in [1.29, 1.82) is 5.26 Å². The molecule has 0 spiro atoms. The lowest BCUT2D eigenvalue weighted by Crippen LogP contribution is -2.23. The normalized spacial score (nSPS) is 12.5. The van der Waals surface area contributed by atoms with Crippen LogP contribution in [-0.2, 0) is 6.42 Å². The van der Waals surface area contributed by atoms with Gasteiger partial charge >= 0.3 is 0 Å². The second kappa shape index (κ2) is 9.58. The Hall–Kier alpha value is -4.45. The molecule has 4 aromatic rings. The van der Waals surface area contributed by atoms with E-state index in [-0.39, 0.29) is 22.9 Å². The van der Waals surface area contributed by atoms with Crippen molar-refractivity contribution >= 4 is 22.5 Å². The number of nitriles is 1. The Morgan fingerprint density at radius 3 is 2.65 bits per heavy atom. The molecular weight excluding hydrogens is 430 g/mol. The van der Waals surface area contributed by atoms with Gasteiger partial charge in [-0.15, -0.1) is 0 Å². The van der Waals surface area contributed by atoms with Crippen molar-refractivity contribution in [3.05, 3.63) is 70.5 Å². The zero-order valence-corrected chi connectivity index (χ0v) is 19.0. The van der Waals surface area contributed by atoms with Crippen LogP contribution in [0.2, 0.25) is 0 Å². The highest BCUT2D eigenvalue weighted by molar-refractivity contribution is 5.96. The van der Waals surface area contributed by atoms with E-state index in [1.165, 1.54) is 6.20 Å². The van der Waals surface area contributed by atoms with Gasteiger partial charge in [-0.1, -0.05) is 25.1 Å². The van der Waals surface area contributed by atoms with Crippen molar-refractivity contribution in [1.82, 2.24) is 19.5 Å². The maximum Gasteiger partial charge on any atom is 0.259 e. The fourth-order valence-electron chi connectivity index (χ4n) is 3.85. The molecule has 34 heavy (non-hydrogen) atoms. The average Bonchev–Trinajstić information content (AvgIpc) is 3.69. The third-order valence-electron chi connectivity index (χ3n) is 5.65.